The number of carbonyl (C=O) groups excluding carboxylic acids is 1. The summed E-state index contributed by atoms with van der Waals surface area (Å²) in [6.07, 6.45) is 4.79. The highest BCUT2D eigenvalue weighted by Crippen LogP contribution is 2.16. The van der Waals surface area contributed by atoms with Crippen molar-refractivity contribution in [2.45, 2.75) is 13.3 Å². The molecule has 3 heterocycles. The fourth-order valence-corrected chi connectivity index (χ4v) is 2.84. The summed E-state index contributed by atoms with van der Waals surface area (Å²) in [5, 5.41) is 4.56. The van der Waals surface area contributed by atoms with Crippen LogP contribution in [0, 0.1) is 5.92 Å². The summed E-state index contributed by atoms with van der Waals surface area (Å²) in [5.74, 6) is 0.609. The van der Waals surface area contributed by atoms with Gasteiger partial charge in [-0.3, -0.25) is 4.79 Å². The lowest BCUT2D eigenvalue weighted by Gasteiger charge is -2.22. The lowest BCUT2D eigenvalue weighted by atomic mass is 9.99. The van der Waals surface area contributed by atoms with E-state index < -0.39 is 0 Å². The molecule has 0 unspecified atom stereocenters. The van der Waals surface area contributed by atoms with Gasteiger partial charge in [-0.05, 0) is 30.0 Å². The third-order valence-corrected chi connectivity index (χ3v) is 3.90. The minimum absolute atomic E-state index is 0.165. The molecule has 1 fully saturated rings. The molecule has 1 atom stereocenters. The maximum absolute atomic E-state index is 11.6. The highest BCUT2D eigenvalue weighted by atomic mass is 16.2. The average Bonchev–Trinajstić information content (AvgIpc) is 2.76. The monoisotopic (exact) mass is 272 g/mol. The van der Waals surface area contributed by atoms with E-state index in [9.17, 15) is 4.79 Å². The molecule has 1 saturated heterocycles. The van der Waals surface area contributed by atoms with E-state index in [4.69, 9.17) is 0 Å². The Balaban J connectivity index is 1.73. The number of hydrogen-bond donors (Lipinski definition) is 2. The van der Waals surface area contributed by atoms with Crippen molar-refractivity contribution in [3.63, 3.8) is 0 Å². The van der Waals surface area contributed by atoms with E-state index in [2.05, 4.69) is 21.4 Å². The molecule has 2 N–H and O–H groups in total. The first-order valence-electron chi connectivity index (χ1n) is 7.10. The summed E-state index contributed by atoms with van der Waals surface area (Å²) in [6.45, 7) is 5.12. The van der Waals surface area contributed by atoms with Crippen LogP contribution in [0.5, 0.6) is 0 Å². The predicted molar refractivity (Wildman–Crippen MR) is 78.4 cm³/mol. The number of aromatic nitrogens is 2. The Bertz CT molecular complexity index is 607. The second-order valence-electron chi connectivity index (χ2n) is 5.50. The zero-order valence-corrected chi connectivity index (χ0v) is 11.7. The third kappa shape index (κ3) is 2.82. The summed E-state index contributed by atoms with van der Waals surface area (Å²) >= 11 is 0. The lowest BCUT2D eigenvalue weighted by Crippen LogP contribution is -2.34. The van der Waals surface area contributed by atoms with Crippen LogP contribution in [0.4, 0.5) is 0 Å². The van der Waals surface area contributed by atoms with Gasteiger partial charge in [-0.15, -0.1) is 0 Å². The first-order valence-corrected chi connectivity index (χ1v) is 7.10. The van der Waals surface area contributed by atoms with Crippen LogP contribution in [0.25, 0.3) is 11.0 Å². The smallest absolute Gasteiger partial charge is 0.219 e. The molecule has 5 nitrogen and oxygen atoms in total. The Kier molecular flexibility index (Phi) is 3.69. The second kappa shape index (κ2) is 5.63. The van der Waals surface area contributed by atoms with Crippen LogP contribution in [-0.2, 0) is 11.2 Å². The van der Waals surface area contributed by atoms with Gasteiger partial charge in [-0.25, -0.2) is 4.98 Å². The molecule has 0 aliphatic carbocycles. The molecule has 0 aromatic carbocycles. The van der Waals surface area contributed by atoms with Crippen molar-refractivity contribution >= 4 is 16.9 Å². The molecule has 5 heteroatoms. The molecule has 0 radical (unpaired) electrons. The topological polar surface area (TPSA) is 61.0 Å². The molecule has 0 bridgehead atoms. The highest BCUT2D eigenvalue weighted by molar-refractivity contribution is 5.75. The molecule has 2 aromatic rings. The van der Waals surface area contributed by atoms with E-state index in [0.717, 1.165) is 43.6 Å². The molecule has 20 heavy (non-hydrogen) atoms. The molecule has 1 aliphatic rings. The Hall–Kier alpha value is -1.88. The minimum Gasteiger partial charge on any atom is -0.346 e. The number of H-pyrrole nitrogens is 1. The van der Waals surface area contributed by atoms with Crippen LogP contribution < -0.4 is 5.32 Å². The first-order chi connectivity index (χ1) is 9.72. The van der Waals surface area contributed by atoms with E-state index in [1.807, 2.05) is 23.4 Å². The molecule has 1 aliphatic heterocycles. The van der Waals surface area contributed by atoms with Gasteiger partial charge in [0.1, 0.15) is 5.65 Å². The number of nitrogens with zero attached hydrogens (tertiary/aromatic N) is 2. The number of fused-ring (bicyclic) bond motifs is 1. The Morgan fingerprint density at radius 2 is 2.45 bits per heavy atom. The first kappa shape index (κ1) is 13.1. The highest BCUT2D eigenvalue weighted by Gasteiger charge is 2.20. The van der Waals surface area contributed by atoms with Gasteiger partial charge in [0.05, 0.1) is 0 Å². The van der Waals surface area contributed by atoms with Gasteiger partial charge in [0, 0.05) is 50.9 Å². The summed E-state index contributed by atoms with van der Waals surface area (Å²) in [4.78, 5) is 21.0. The fraction of sp³-hybridized carbons (Fsp3) is 0.467. The van der Waals surface area contributed by atoms with Crippen molar-refractivity contribution < 1.29 is 4.79 Å². The van der Waals surface area contributed by atoms with Gasteiger partial charge < -0.3 is 15.2 Å². The van der Waals surface area contributed by atoms with Crippen LogP contribution in [-0.4, -0.2) is 47.0 Å². The van der Waals surface area contributed by atoms with Crippen molar-refractivity contribution in [2.75, 3.05) is 26.2 Å². The molecule has 1 amide bonds. The number of amides is 1. The van der Waals surface area contributed by atoms with Crippen molar-refractivity contribution in [3.05, 3.63) is 30.1 Å². The van der Waals surface area contributed by atoms with Gasteiger partial charge in [0.2, 0.25) is 5.91 Å². The lowest BCUT2D eigenvalue weighted by molar-refractivity contribution is -0.129. The zero-order valence-electron chi connectivity index (χ0n) is 11.7. The maximum Gasteiger partial charge on any atom is 0.219 e. The van der Waals surface area contributed by atoms with Crippen LogP contribution in [0.3, 0.4) is 0 Å². The van der Waals surface area contributed by atoms with E-state index in [1.165, 1.54) is 5.56 Å². The molecular formula is C15H20N4O. The SMILES string of the molecule is CC(=O)N1CCNC[C@H](Cc2cnc3[nH]ccc3c2)C1. The Morgan fingerprint density at radius 3 is 3.30 bits per heavy atom. The minimum atomic E-state index is 0.165. The summed E-state index contributed by atoms with van der Waals surface area (Å²) in [7, 11) is 0. The number of nitrogens with one attached hydrogen (secondary N) is 2. The Morgan fingerprint density at radius 1 is 1.55 bits per heavy atom. The third-order valence-electron chi connectivity index (χ3n) is 3.90. The number of carbonyl (C=O) groups is 1. The number of aromatic amines is 1. The number of pyridine rings is 1. The molecule has 106 valence electrons. The second-order valence-corrected chi connectivity index (χ2v) is 5.50. The molecular weight excluding hydrogens is 252 g/mol. The van der Waals surface area contributed by atoms with Crippen LogP contribution in [0.1, 0.15) is 12.5 Å². The largest absolute Gasteiger partial charge is 0.346 e. The van der Waals surface area contributed by atoms with Gasteiger partial charge >= 0.3 is 0 Å². The van der Waals surface area contributed by atoms with Gasteiger partial charge in [0.15, 0.2) is 0 Å². The summed E-state index contributed by atoms with van der Waals surface area (Å²) < 4.78 is 0. The van der Waals surface area contributed by atoms with Crippen molar-refractivity contribution in [2.24, 2.45) is 5.92 Å². The van der Waals surface area contributed by atoms with E-state index in [-0.39, 0.29) is 5.91 Å². The van der Waals surface area contributed by atoms with Gasteiger partial charge in [0.25, 0.3) is 0 Å². The summed E-state index contributed by atoms with van der Waals surface area (Å²) in [6, 6.07) is 4.22. The number of rotatable bonds is 2. The van der Waals surface area contributed by atoms with Crippen LogP contribution in [0.15, 0.2) is 24.5 Å². The molecule has 0 saturated carbocycles. The zero-order chi connectivity index (χ0) is 13.9. The van der Waals surface area contributed by atoms with Crippen molar-refractivity contribution in [1.82, 2.24) is 20.2 Å². The van der Waals surface area contributed by atoms with E-state index >= 15 is 0 Å². The normalized spacial score (nSPS) is 20.1. The molecule has 2 aromatic heterocycles. The van der Waals surface area contributed by atoms with Crippen LogP contribution >= 0.6 is 0 Å². The molecule has 3 rings (SSSR count). The standard InChI is InChI=1S/C15H20N4O/c1-11(20)19-5-4-16-8-13(10-19)6-12-7-14-2-3-17-15(14)18-9-12/h2-3,7,9,13,16H,4-6,8,10H2,1H3,(H,17,18)/t13-/m0/s1. The summed E-state index contributed by atoms with van der Waals surface area (Å²) in [5.41, 5.74) is 2.16. The van der Waals surface area contributed by atoms with Gasteiger partial charge in [-0.1, -0.05) is 0 Å². The average molecular weight is 272 g/mol. The van der Waals surface area contributed by atoms with Crippen molar-refractivity contribution in [3.8, 4) is 0 Å². The predicted octanol–water partition coefficient (Wildman–Crippen LogP) is 1.17. The quantitative estimate of drug-likeness (QED) is 0.863. The maximum atomic E-state index is 11.6. The van der Waals surface area contributed by atoms with Gasteiger partial charge in [-0.2, -0.15) is 0 Å². The Labute approximate surface area is 118 Å². The van der Waals surface area contributed by atoms with Crippen molar-refractivity contribution in [1.29, 1.82) is 0 Å². The number of hydrogen-bond acceptors (Lipinski definition) is 3. The van der Waals surface area contributed by atoms with E-state index in [0.29, 0.717) is 5.92 Å². The van der Waals surface area contributed by atoms with E-state index in [1.54, 1.807) is 6.92 Å². The fourth-order valence-electron chi connectivity index (χ4n) is 2.84. The van der Waals surface area contributed by atoms with Crippen LogP contribution in [0.2, 0.25) is 0 Å². The molecule has 0 spiro atoms.